The highest BCUT2D eigenvalue weighted by Gasteiger charge is 2.35. The molecule has 1 saturated heterocycles. The molecule has 0 bridgehead atoms. The zero-order valence-corrected chi connectivity index (χ0v) is 14.1. The maximum Gasteiger partial charge on any atom is 0.217 e. The van der Waals surface area contributed by atoms with Gasteiger partial charge in [0.25, 0.3) is 0 Å². The molecule has 1 aliphatic rings. The van der Waals surface area contributed by atoms with E-state index in [2.05, 4.69) is 15.6 Å². The van der Waals surface area contributed by atoms with Crippen LogP contribution in [0, 0.1) is 11.6 Å². The number of benzene rings is 1. The predicted molar refractivity (Wildman–Crippen MR) is 84.1 cm³/mol. The van der Waals surface area contributed by atoms with Crippen LogP contribution < -0.4 is 15.6 Å². The van der Waals surface area contributed by atoms with Crippen LogP contribution in [0.15, 0.2) is 18.2 Å². The van der Waals surface area contributed by atoms with Crippen molar-refractivity contribution in [3.05, 3.63) is 35.4 Å². The summed E-state index contributed by atoms with van der Waals surface area (Å²) in [6.07, 6.45) is 0. The Labute approximate surface area is 135 Å². The van der Waals surface area contributed by atoms with E-state index in [1.54, 1.807) is 25.9 Å². The number of hydrazine groups is 1. The van der Waals surface area contributed by atoms with Gasteiger partial charge in [-0.05, 0) is 33.2 Å². The molecule has 23 heavy (non-hydrogen) atoms. The molecule has 3 N–H and O–H groups in total. The summed E-state index contributed by atoms with van der Waals surface area (Å²) in [6.45, 7) is 1.91. The Hall–Kier alpha value is -1.13. The molecule has 1 heterocycles. The number of nitrogens with zero attached hydrogens (tertiary/aromatic N) is 1. The summed E-state index contributed by atoms with van der Waals surface area (Å²) < 4.78 is 55.2. The molecule has 6 nitrogen and oxygen atoms in total. The number of rotatable bonds is 6. The first-order chi connectivity index (χ1) is 10.7. The van der Waals surface area contributed by atoms with Crippen LogP contribution in [0.3, 0.4) is 0 Å². The van der Waals surface area contributed by atoms with Gasteiger partial charge in [0, 0.05) is 24.7 Å². The molecule has 9 heteroatoms. The maximum atomic E-state index is 14.0. The molecule has 2 rings (SSSR count). The van der Waals surface area contributed by atoms with E-state index in [9.17, 15) is 17.2 Å². The van der Waals surface area contributed by atoms with Gasteiger partial charge in [-0.2, -0.15) is 0 Å². The molecule has 0 amide bonds. The summed E-state index contributed by atoms with van der Waals surface area (Å²) in [5.41, 5.74) is 5.48. The first-order valence-electron chi connectivity index (χ1n) is 7.31. The van der Waals surface area contributed by atoms with Gasteiger partial charge in [0.1, 0.15) is 16.9 Å². The lowest BCUT2D eigenvalue weighted by molar-refractivity contribution is 0.283. The average molecular weight is 348 g/mol. The zero-order valence-electron chi connectivity index (χ0n) is 13.3. The SMILES string of the molecule is CC1NNCC1S(=O)(=O)NCC(c1c(F)cccc1F)N(C)C. The van der Waals surface area contributed by atoms with Crippen LogP contribution in [0.2, 0.25) is 0 Å². The summed E-state index contributed by atoms with van der Waals surface area (Å²) in [4.78, 5) is 1.58. The van der Waals surface area contributed by atoms with Gasteiger partial charge in [0.2, 0.25) is 10.0 Å². The third-order valence-corrected chi connectivity index (χ3v) is 5.96. The minimum absolute atomic E-state index is 0.115. The molecule has 0 aromatic heterocycles. The number of hydrogen-bond donors (Lipinski definition) is 3. The second-order valence-electron chi connectivity index (χ2n) is 5.86. The Bertz CT molecular complexity index is 634. The number of halogens is 2. The first-order valence-corrected chi connectivity index (χ1v) is 8.86. The summed E-state index contributed by atoms with van der Waals surface area (Å²) in [7, 11) is -0.328. The van der Waals surface area contributed by atoms with Crippen LogP contribution in [-0.4, -0.2) is 51.8 Å². The molecule has 1 fully saturated rings. The average Bonchev–Trinajstić information content (AvgIpc) is 2.88. The Morgan fingerprint density at radius 1 is 1.35 bits per heavy atom. The van der Waals surface area contributed by atoms with E-state index >= 15 is 0 Å². The first kappa shape index (κ1) is 18.2. The van der Waals surface area contributed by atoms with Crippen molar-refractivity contribution in [1.29, 1.82) is 0 Å². The number of hydrogen-bond acceptors (Lipinski definition) is 5. The van der Waals surface area contributed by atoms with Crippen molar-refractivity contribution in [1.82, 2.24) is 20.5 Å². The molecular weight excluding hydrogens is 326 g/mol. The van der Waals surface area contributed by atoms with Crippen molar-refractivity contribution in [3.8, 4) is 0 Å². The van der Waals surface area contributed by atoms with Gasteiger partial charge in [-0.1, -0.05) is 6.07 Å². The molecule has 0 radical (unpaired) electrons. The molecule has 130 valence electrons. The fourth-order valence-electron chi connectivity index (χ4n) is 2.64. The van der Waals surface area contributed by atoms with Crippen LogP contribution >= 0.6 is 0 Å². The largest absolute Gasteiger partial charge is 0.301 e. The molecular formula is C14H22F2N4O2S. The standard InChI is InChI=1S/C14H22F2N4O2S/c1-9-13(8-17-19-9)23(21,22)18-7-12(20(2)3)14-10(15)5-4-6-11(14)16/h4-6,9,12-13,17-19H,7-8H2,1-3H3. The molecule has 1 aliphatic heterocycles. The van der Waals surface area contributed by atoms with Gasteiger partial charge in [-0.25, -0.2) is 21.9 Å². The normalized spacial score (nSPS) is 23.4. The number of nitrogens with one attached hydrogen (secondary N) is 3. The molecule has 0 spiro atoms. The van der Waals surface area contributed by atoms with Crippen molar-refractivity contribution < 1.29 is 17.2 Å². The topological polar surface area (TPSA) is 73.5 Å². The number of likely N-dealkylation sites (N-methyl/N-ethyl adjacent to an activating group) is 1. The van der Waals surface area contributed by atoms with Crippen molar-refractivity contribution in [2.24, 2.45) is 0 Å². The van der Waals surface area contributed by atoms with Crippen molar-refractivity contribution in [3.63, 3.8) is 0 Å². The Morgan fingerprint density at radius 3 is 2.43 bits per heavy atom. The lowest BCUT2D eigenvalue weighted by Crippen LogP contribution is -2.44. The number of sulfonamides is 1. The monoisotopic (exact) mass is 348 g/mol. The quantitative estimate of drug-likeness (QED) is 0.692. The van der Waals surface area contributed by atoms with Crippen LogP contribution in [0.5, 0.6) is 0 Å². The Morgan fingerprint density at radius 2 is 1.96 bits per heavy atom. The van der Waals surface area contributed by atoms with E-state index in [0.29, 0.717) is 0 Å². The van der Waals surface area contributed by atoms with Crippen molar-refractivity contribution in [2.45, 2.75) is 24.3 Å². The van der Waals surface area contributed by atoms with E-state index in [0.717, 1.165) is 12.1 Å². The lowest BCUT2D eigenvalue weighted by atomic mass is 10.0. The van der Waals surface area contributed by atoms with Crippen LogP contribution in [0.1, 0.15) is 18.5 Å². The maximum absolute atomic E-state index is 14.0. The Balaban J connectivity index is 2.18. The van der Waals surface area contributed by atoms with Crippen molar-refractivity contribution >= 4 is 10.0 Å². The van der Waals surface area contributed by atoms with E-state index in [1.807, 2.05) is 0 Å². The van der Waals surface area contributed by atoms with Gasteiger partial charge >= 0.3 is 0 Å². The summed E-state index contributed by atoms with van der Waals surface area (Å²) in [5.74, 6) is -1.39. The third kappa shape index (κ3) is 4.04. The van der Waals surface area contributed by atoms with Gasteiger partial charge in [-0.15, -0.1) is 0 Å². The second-order valence-corrected chi connectivity index (χ2v) is 7.84. The summed E-state index contributed by atoms with van der Waals surface area (Å²) in [6, 6.07) is 2.61. The van der Waals surface area contributed by atoms with Gasteiger partial charge in [0.15, 0.2) is 0 Å². The molecule has 1 aromatic rings. The highest BCUT2D eigenvalue weighted by molar-refractivity contribution is 7.90. The highest BCUT2D eigenvalue weighted by Crippen LogP contribution is 2.24. The Kier molecular flexibility index (Phi) is 5.69. The lowest BCUT2D eigenvalue weighted by Gasteiger charge is -2.26. The second kappa shape index (κ2) is 7.18. The molecule has 3 unspecified atom stereocenters. The molecule has 0 aliphatic carbocycles. The van der Waals surface area contributed by atoms with E-state index in [1.165, 1.54) is 6.07 Å². The minimum atomic E-state index is -3.62. The molecule has 1 aromatic carbocycles. The summed E-state index contributed by atoms with van der Waals surface area (Å²) >= 11 is 0. The zero-order chi connectivity index (χ0) is 17.2. The minimum Gasteiger partial charge on any atom is -0.301 e. The fourth-order valence-corrected chi connectivity index (χ4v) is 4.16. The van der Waals surface area contributed by atoms with Gasteiger partial charge in [0.05, 0.1) is 6.04 Å². The molecule has 3 atom stereocenters. The van der Waals surface area contributed by atoms with E-state index in [-0.39, 0.29) is 24.7 Å². The third-order valence-electron chi connectivity index (χ3n) is 4.02. The smallest absolute Gasteiger partial charge is 0.217 e. The fraction of sp³-hybridized carbons (Fsp3) is 0.571. The van der Waals surface area contributed by atoms with Gasteiger partial charge in [-0.3, -0.25) is 10.9 Å². The van der Waals surface area contributed by atoms with Crippen molar-refractivity contribution in [2.75, 3.05) is 27.2 Å². The van der Waals surface area contributed by atoms with Crippen LogP contribution in [0.25, 0.3) is 0 Å². The van der Waals surface area contributed by atoms with E-state index < -0.39 is 32.9 Å². The summed E-state index contributed by atoms with van der Waals surface area (Å²) in [5, 5.41) is -0.643. The van der Waals surface area contributed by atoms with Crippen LogP contribution in [-0.2, 0) is 10.0 Å². The van der Waals surface area contributed by atoms with Gasteiger partial charge < -0.3 is 4.90 Å². The molecule has 0 saturated carbocycles. The predicted octanol–water partition coefficient (Wildman–Crippen LogP) is 0.352. The van der Waals surface area contributed by atoms with E-state index in [4.69, 9.17) is 0 Å². The van der Waals surface area contributed by atoms with Crippen LogP contribution in [0.4, 0.5) is 8.78 Å². The highest BCUT2D eigenvalue weighted by atomic mass is 32.2.